The molecule has 158 valence electrons. The second-order valence-electron chi connectivity index (χ2n) is 6.55. The minimum absolute atomic E-state index is 0.243. The molecule has 9 heteroatoms. The van der Waals surface area contributed by atoms with Gasteiger partial charge in [-0.2, -0.15) is 13.2 Å². The van der Waals surface area contributed by atoms with Crippen LogP contribution in [0.2, 0.25) is 0 Å². The summed E-state index contributed by atoms with van der Waals surface area (Å²) in [6, 6.07) is 9.44. The molecule has 0 aliphatic heterocycles. The fourth-order valence-corrected chi connectivity index (χ4v) is 3.80. The number of alkyl halides is 3. The smallest absolute Gasteiger partial charge is 0.383 e. The van der Waals surface area contributed by atoms with Crippen molar-refractivity contribution in [2.45, 2.75) is 19.1 Å². The Hall–Kier alpha value is -2.94. The van der Waals surface area contributed by atoms with E-state index in [9.17, 15) is 26.7 Å². The molecule has 1 heterocycles. The Bertz CT molecular complexity index is 1050. The van der Waals surface area contributed by atoms with E-state index in [1.165, 1.54) is 25.2 Å². The average molecular weight is 440 g/mol. The number of amides is 1. The van der Waals surface area contributed by atoms with E-state index in [0.717, 1.165) is 35.6 Å². The Morgan fingerprint density at radius 1 is 1.03 bits per heavy atom. The number of halogens is 5. The number of carbonyl (C=O) groups is 1. The van der Waals surface area contributed by atoms with E-state index in [1.807, 2.05) is 0 Å². The molecule has 2 N–H and O–H groups in total. The van der Waals surface area contributed by atoms with Crippen molar-refractivity contribution in [3.8, 4) is 10.4 Å². The van der Waals surface area contributed by atoms with Gasteiger partial charge in [-0.15, -0.1) is 11.3 Å². The Morgan fingerprint density at radius 3 is 2.30 bits per heavy atom. The van der Waals surface area contributed by atoms with Crippen LogP contribution in [0.3, 0.4) is 0 Å². The summed E-state index contributed by atoms with van der Waals surface area (Å²) in [6.45, 7) is 1.58. The van der Waals surface area contributed by atoms with Crippen molar-refractivity contribution in [3.05, 3.63) is 76.2 Å². The lowest BCUT2D eigenvalue weighted by Gasteiger charge is -2.15. The number of rotatable bonds is 5. The molecule has 0 radical (unpaired) electrons. The zero-order chi connectivity index (χ0) is 22.1. The topological polar surface area (TPSA) is 41.1 Å². The van der Waals surface area contributed by atoms with Crippen molar-refractivity contribution >= 4 is 22.9 Å². The van der Waals surface area contributed by atoms with Crippen LogP contribution in [0.5, 0.6) is 0 Å². The maximum absolute atomic E-state index is 13.9. The summed E-state index contributed by atoms with van der Waals surface area (Å²) in [5.74, 6) is -2.06. The number of anilines is 1. The molecule has 30 heavy (non-hydrogen) atoms. The van der Waals surface area contributed by atoms with Crippen LogP contribution in [0, 0.1) is 11.6 Å². The molecule has 0 saturated carbocycles. The van der Waals surface area contributed by atoms with Gasteiger partial charge < -0.3 is 10.6 Å². The van der Waals surface area contributed by atoms with Crippen LogP contribution in [-0.4, -0.2) is 13.0 Å². The zero-order valence-electron chi connectivity index (χ0n) is 15.9. The van der Waals surface area contributed by atoms with E-state index in [1.54, 1.807) is 13.0 Å². The molecular formula is C21H17F5N2OS. The Kier molecular flexibility index (Phi) is 6.12. The molecule has 1 amide bonds. The van der Waals surface area contributed by atoms with Gasteiger partial charge >= 0.3 is 6.18 Å². The van der Waals surface area contributed by atoms with Gasteiger partial charge in [0.05, 0.1) is 16.5 Å². The van der Waals surface area contributed by atoms with Crippen molar-refractivity contribution in [1.29, 1.82) is 0 Å². The average Bonchev–Trinajstić information content (AvgIpc) is 3.17. The Balaban J connectivity index is 1.77. The number of hydrogen-bond acceptors (Lipinski definition) is 3. The molecule has 0 bridgehead atoms. The summed E-state index contributed by atoms with van der Waals surface area (Å²) >= 11 is 1.03. The van der Waals surface area contributed by atoms with Gasteiger partial charge in [0, 0.05) is 11.9 Å². The van der Waals surface area contributed by atoms with Crippen molar-refractivity contribution in [2.75, 3.05) is 12.4 Å². The monoisotopic (exact) mass is 440 g/mol. The van der Waals surface area contributed by atoms with Gasteiger partial charge in [0.1, 0.15) is 17.3 Å². The van der Waals surface area contributed by atoms with Crippen LogP contribution in [0.4, 0.5) is 27.6 Å². The van der Waals surface area contributed by atoms with E-state index in [2.05, 4.69) is 10.6 Å². The number of hydrogen-bond donors (Lipinski definition) is 2. The van der Waals surface area contributed by atoms with Crippen LogP contribution >= 0.6 is 11.3 Å². The van der Waals surface area contributed by atoms with E-state index < -0.39 is 35.3 Å². The molecule has 1 unspecified atom stereocenters. The molecule has 0 spiro atoms. The molecule has 1 aromatic heterocycles. The van der Waals surface area contributed by atoms with Crippen LogP contribution in [0.1, 0.15) is 33.8 Å². The third kappa shape index (κ3) is 4.62. The van der Waals surface area contributed by atoms with Gasteiger partial charge in [-0.25, -0.2) is 8.78 Å². The summed E-state index contributed by atoms with van der Waals surface area (Å²) in [7, 11) is 1.39. The van der Waals surface area contributed by atoms with Gasteiger partial charge in [0.2, 0.25) is 0 Å². The standard InChI is InChI=1S/C21H17F5N2OS/c1-11(13-9-15(22)19(27-2)16(23)10-13)28-20(29)18-7-6-17(30-18)12-4-3-5-14(8-12)21(24,25)26/h3-11,27H,1-2H3,(H,28,29). The molecule has 0 fully saturated rings. The van der Waals surface area contributed by atoms with Gasteiger partial charge in [0.25, 0.3) is 5.91 Å². The summed E-state index contributed by atoms with van der Waals surface area (Å²) in [5.41, 5.74) is -0.455. The number of carbonyl (C=O) groups excluding carboxylic acids is 1. The summed E-state index contributed by atoms with van der Waals surface area (Å²) in [5, 5.41) is 5.06. The second-order valence-corrected chi connectivity index (χ2v) is 7.63. The quantitative estimate of drug-likeness (QED) is 0.461. The number of benzene rings is 2. The SMILES string of the molecule is CNc1c(F)cc(C(C)NC(=O)c2ccc(-c3cccc(C(F)(F)F)c3)s2)cc1F. The molecule has 3 aromatic rings. The molecule has 0 saturated heterocycles. The predicted molar refractivity (Wildman–Crippen MR) is 107 cm³/mol. The van der Waals surface area contributed by atoms with Crippen molar-refractivity contribution in [2.24, 2.45) is 0 Å². The number of nitrogens with one attached hydrogen (secondary N) is 2. The minimum Gasteiger partial charge on any atom is -0.383 e. The van der Waals surface area contributed by atoms with E-state index in [0.29, 0.717) is 10.4 Å². The maximum atomic E-state index is 13.9. The predicted octanol–water partition coefficient (Wildman–Crippen LogP) is 6.24. The van der Waals surface area contributed by atoms with Crippen LogP contribution in [0.25, 0.3) is 10.4 Å². The highest BCUT2D eigenvalue weighted by Gasteiger charge is 2.30. The van der Waals surface area contributed by atoms with Gasteiger partial charge in [-0.05, 0) is 54.4 Å². The molecule has 0 aliphatic rings. The molecule has 0 aliphatic carbocycles. The zero-order valence-corrected chi connectivity index (χ0v) is 16.7. The lowest BCUT2D eigenvalue weighted by Crippen LogP contribution is -2.26. The van der Waals surface area contributed by atoms with Crippen molar-refractivity contribution in [3.63, 3.8) is 0 Å². The second kappa shape index (κ2) is 8.43. The summed E-state index contributed by atoms with van der Waals surface area (Å²) in [6.07, 6.45) is -4.46. The van der Waals surface area contributed by atoms with Crippen LogP contribution in [-0.2, 0) is 6.18 Å². The third-order valence-electron chi connectivity index (χ3n) is 4.47. The Morgan fingerprint density at radius 2 is 1.70 bits per heavy atom. The van der Waals surface area contributed by atoms with Gasteiger partial charge in [-0.3, -0.25) is 4.79 Å². The van der Waals surface area contributed by atoms with Crippen molar-refractivity contribution < 1.29 is 26.7 Å². The third-order valence-corrected chi connectivity index (χ3v) is 5.60. The largest absolute Gasteiger partial charge is 0.416 e. The fourth-order valence-electron chi connectivity index (χ4n) is 2.90. The highest BCUT2D eigenvalue weighted by atomic mass is 32.1. The molecule has 2 aromatic carbocycles. The first kappa shape index (κ1) is 21.8. The first-order valence-corrected chi connectivity index (χ1v) is 9.67. The van der Waals surface area contributed by atoms with Crippen LogP contribution < -0.4 is 10.6 Å². The van der Waals surface area contributed by atoms with E-state index >= 15 is 0 Å². The lowest BCUT2D eigenvalue weighted by molar-refractivity contribution is -0.137. The number of thiophene rings is 1. The maximum Gasteiger partial charge on any atom is 0.416 e. The van der Waals surface area contributed by atoms with Gasteiger partial charge in [-0.1, -0.05) is 12.1 Å². The molecule has 3 rings (SSSR count). The van der Waals surface area contributed by atoms with E-state index in [-0.39, 0.29) is 16.1 Å². The lowest BCUT2D eigenvalue weighted by atomic mass is 10.1. The molecule has 3 nitrogen and oxygen atoms in total. The van der Waals surface area contributed by atoms with E-state index in [4.69, 9.17) is 0 Å². The first-order chi connectivity index (χ1) is 14.1. The fraction of sp³-hybridized carbons (Fsp3) is 0.190. The van der Waals surface area contributed by atoms with Crippen LogP contribution in [0.15, 0.2) is 48.5 Å². The highest BCUT2D eigenvalue weighted by Crippen LogP contribution is 2.34. The van der Waals surface area contributed by atoms with Gasteiger partial charge in [0.15, 0.2) is 0 Å². The first-order valence-electron chi connectivity index (χ1n) is 8.85. The summed E-state index contributed by atoms with van der Waals surface area (Å²) in [4.78, 5) is 13.3. The highest BCUT2D eigenvalue weighted by molar-refractivity contribution is 7.17. The normalized spacial score (nSPS) is 12.5. The van der Waals surface area contributed by atoms with Crippen molar-refractivity contribution in [1.82, 2.24) is 5.32 Å². The Labute approximate surface area is 173 Å². The summed E-state index contributed by atoms with van der Waals surface area (Å²) < 4.78 is 66.6. The molecular weight excluding hydrogens is 423 g/mol. The minimum atomic E-state index is -4.46. The molecule has 1 atom stereocenters.